The molecule has 5 N–H and O–H groups in total. The van der Waals surface area contributed by atoms with Crippen molar-refractivity contribution in [1.29, 1.82) is 0 Å². The minimum atomic E-state index is -1.14. The van der Waals surface area contributed by atoms with Crippen LogP contribution in [0.5, 0.6) is 0 Å². The van der Waals surface area contributed by atoms with Crippen LogP contribution in [0.2, 0.25) is 0 Å². The van der Waals surface area contributed by atoms with Crippen molar-refractivity contribution in [1.82, 2.24) is 9.97 Å². The Balaban J connectivity index is 1.93. The molecule has 0 aliphatic carbocycles. The summed E-state index contributed by atoms with van der Waals surface area (Å²) in [6, 6.07) is 0. The molecule has 0 bridgehead atoms. The molecular weight excluding hydrogens is 381 g/mol. The standard InChI is InChI=1S/C10H14IN5O4/c11-16-3-15(9-5(16)8(12)13-2-14-9)10-7(19)6(18)4(1-17)20-10/h2,4,6-7,10,17-19H,1,3H2,(H2,12,13,14)/t4-,6?,7?,10-/m1/s1. The minimum absolute atomic E-state index is 0.332. The van der Waals surface area contributed by atoms with Gasteiger partial charge in [-0.25, -0.2) is 9.97 Å². The molecule has 3 rings (SSSR count). The molecule has 110 valence electrons. The normalized spacial score (nSPS) is 32.8. The van der Waals surface area contributed by atoms with Gasteiger partial charge in [0.2, 0.25) is 0 Å². The largest absolute Gasteiger partial charge is 0.394 e. The molecule has 1 aromatic heterocycles. The van der Waals surface area contributed by atoms with Crippen LogP contribution in [0, 0.1) is 0 Å². The quantitative estimate of drug-likeness (QED) is 0.347. The molecule has 10 heteroatoms. The van der Waals surface area contributed by atoms with Crippen molar-refractivity contribution >= 4 is 40.2 Å². The zero-order valence-corrected chi connectivity index (χ0v) is 12.5. The lowest BCUT2D eigenvalue weighted by molar-refractivity contribution is -0.0220. The Bertz CT molecular complexity index is 520. The SMILES string of the molecule is Nc1ncnc2c1N(I)CN2[C@@H]1O[C@H](CO)C(O)C1O. The van der Waals surface area contributed by atoms with Crippen LogP contribution in [0.3, 0.4) is 0 Å². The zero-order chi connectivity index (χ0) is 14.4. The number of aliphatic hydroxyl groups excluding tert-OH is 3. The molecule has 0 spiro atoms. The van der Waals surface area contributed by atoms with Crippen LogP contribution in [0.15, 0.2) is 6.33 Å². The van der Waals surface area contributed by atoms with Crippen LogP contribution in [0.1, 0.15) is 0 Å². The van der Waals surface area contributed by atoms with Gasteiger partial charge in [0.1, 0.15) is 37.0 Å². The van der Waals surface area contributed by atoms with Gasteiger partial charge in [0.05, 0.1) is 29.5 Å². The third-order valence-corrected chi connectivity index (χ3v) is 4.23. The number of anilines is 3. The molecule has 9 nitrogen and oxygen atoms in total. The maximum atomic E-state index is 10.1. The number of aromatic nitrogens is 2. The lowest BCUT2D eigenvalue weighted by Crippen LogP contribution is -2.45. The summed E-state index contributed by atoms with van der Waals surface area (Å²) in [5.41, 5.74) is 6.47. The van der Waals surface area contributed by atoms with E-state index in [9.17, 15) is 10.2 Å². The monoisotopic (exact) mass is 395 g/mol. The summed E-state index contributed by atoms with van der Waals surface area (Å²) >= 11 is 2.06. The van der Waals surface area contributed by atoms with Crippen molar-refractivity contribution in [3.8, 4) is 0 Å². The second-order valence-electron chi connectivity index (χ2n) is 4.63. The highest BCUT2D eigenvalue weighted by atomic mass is 127. The Morgan fingerprint density at radius 2 is 2.15 bits per heavy atom. The third kappa shape index (κ3) is 1.98. The number of halogens is 1. The van der Waals surface area contributed by atoms with Crippen LogP contribution in [-0.2, 0) is 4.74 Å². The Kier molecular flexibility index (Phi) is 3.58. The van der Waals surface area contributed by atoms with Crippen LogP contribution in [0.4, 0.5) is 17.3 Å². The fraction of sp³-hybridized carbons (Fsp3) is 0.600. The summed E-state index contributed by atoms with van der Waals surface area (Å²) in [6.07, 6.45) is -2.57. The molecule has 0 amide bonds. The van der Waals surface area contributed by atoms with Crippen LogP contribution < -0.4 is 13.7 Å². The summed E-state index contributed by atoms with van der Waals surface area (Å²) in [4.78, 5) is 9.77. The van der Waals surface area contributed by atoms with E-state index in [2.05, 4.69) is 32.8 Å². The molecule has 1 fully saturated rings. The van der Waals surface area contributed by atoms with E-state index in [-0.39, 0.29) is 6.61 Å². The Morgan fingerprint density at radius 1 is 1.40 bits per heavy atom. The second kappa shape index (κ2) is 5.11. The van der Waals surface area contributed by atoms with Crippen molar-refractivity contribution in [2.45, 2.75) is 24.5 Å². The number of nitrogens with two attached hydrogens (primary N) is 1. The number of hydrogen-bond acceptors (Lipinski definition) is 9. The summed E-state index contributed by atoms with van der Waals surface area (Å²) < 4.78 is 7.31. The number of hydrogen-bond donors (Lipinski definition) is 4. The van der Waals surface area contributed by atoms with Crippen LogP contribution in [0.25, 0.3) is 0 Å². The van der Waals surface area contributed by atoms with Crippen molar-refractivity contribution < 1.29 is 20.1 Å². The van der Waals surface area contributed by atoms with Gasteiger partial charge < -0.3 is 30.7 Å². The van der Waals surface area contributed by atoms with Crippen molar-refractivity contribution in [2.75, 3.05) is 27.0 Å². The van der Waals surface area contributed by atoms with Gasteiger partial charge in [0, 0.05) is 0 Å². The molecule has 1 saturated heterocycles. The third-order valence-electron chi connectivity index (χ3n) is 3.45. The lowest BCUT2D eigenvalue weighted by atomic mass is 10.1. The van der Waals surface area contributed by atoms with Crippen LogP contribution >= 0.6 is 22.9 Å². The van der Waals surface area contributed by atoms with Gasteiger partial charge in [-0.05, 0) is 0 Å². The van der Waals surface area contributed by atoms with Gasteiger partial charge >= 0.3 is 0 Å². The fourth-order valence-electron chi connectivity index (χ4n) is 2.44. The van der Waals surface area contributed by atoms with E-state index in [1.165, 1.54) is 6.33 Å². The highest BCUT2D eigenvalue weighted by Crippen LogP contribution is 2.42. The molecule has 2 aliphatic rings. The summed E-state index contributed by atoms with van der Waals surface area (Å²) in [5, 5.41) is 29.0. The average molecular weight is 395 g/mol. The van der Waals surface area contributed by atoms with E-state index >= 15 is 0 Å². The Hall–Kier alpha value is -0.950. The first-order valence-electron chi connectivity index (χ1n) is 5.97. The Morgan fingerprint density at radius 3 is 2.80 bits per heavy atom. The first-order chi connectivity index (χ1) is 9.54. The average Bonchev–Trinajstić information content (AvgIpc) is 2.90. The van der Waals surface area contributed by atoms with E-state index in [1.54, 1.807) is 8.01 Å². The number of nitrogens with zero attached hydrogens (tertiary/aromatic N) is 4. The van der Waals surface area contributed by atoms with Gasteiger partial charge in [-0.1, -0.05) is 0 Å². The van der Waals surface area contributed by atoms with E-state index < -0.39 is 24.5 Å². The highest BCUT2D eigenvalue weighted by Gasteiger charge is 2.48. The predicted molar refractivity (Wildman–Crippen MR) is 78.0 cm³/mol. The molecule has 4 atom stereocenters. The van der Waals surface area contributed by atoms with Gasteiger partial charge in [-0.3, -0.25) is 3.11 Å². The molecule has 0 radical (unpaired) electrons. The van der Waals surface area contributed by atoms with Gasteiger partial charge in [-0.2, -0.15) is 0 Å². The first-order valence-corrected chi connectivity index (χ1v) is 6.94. The molecule has 0 saturated carbocycles. The predicted octanol–water partition coefficient (Wildman–Crippen LogP) is -1.57. The lowest BCUT2D eigenvalue weighted by Gasteiger charge is -2.27. The minimum Gasteiger partial charge on any atom is -0.394 e. The molecular formula is C10H14IN5O4. The maximum absolute atomic E-state index is 10.1. The fourth-order valence-corrected chi connectivity index (χ4v) is 3.23. The van der Waals surface area contributed by atoms with E-state index in [0.29, 0.717) is 24.0 Å². The zero-order valence-electron chi connectivity index (χ0n) is 10.3. The van der Waals surface area contributed by atoms with Gasteiger partial charge in [0.25, 0.3) is 0 Å². The molecule has 20 heavy (non-hydrogen) atoms. The number of ether oxygens (including phenoxy) is 1. The second-order valence-corrected chi connectivity index (χ2v) is 5.80. The summed E-state index contributed by atoms with van der Waals surface area (Å²) in [6.45, 7) is 0.0146. The number of nitrogen functional groups attached to an aromatic ring is 1. The maximum Gasteiger partial charge on any atom is 0.162 e. The number of fused-ring (bicyclic) bond motifs is 1. The first kappa shape index (κ1) is 14.0. The van der Waals surface area contributed by atoms with Crippen molar-refractivity contribution in [3.63, 3.8) is 0 Å². The summed E-state index contributed by atoms with van der Waals surface area (Å²) in [5.74, 6) is 0.861. The topological polar surface area (TPSA) is 128 Å². The summed E-state index contributed by atoms with van der Waals surface area (Å²) in [7, 11) is 0. The Labute approximate surface area is 128 Å². The molecule has 0 aromatic carbocycles. The smallest absolute Gasteiger partial charge is 0.162 e. The molecule has 3 heterocycles. The van der Waals surface area contributed by atoms with E-state index in [4.69, 9.17) is 15.6 Å². The van der Waals surface area contributed by atoms with E-state index in [1.807, 2.05) is 0 Å². The number of aliphatic hydroxyl groups is 3. The van der Waals surface area contributed by atoms with Gasteiger partial charge in [-0.15, -0.1) is 0 Å². The van der Waals surface area contributed by atoms with Crippen molar-refractivity contribution in [3.05, 3.63) is 6.33 Å². The van der Waals surface area contributed by atoms with Crippen molar-refractivity contribution in [2.24, 2.45) is 0 Å². The molecule has 2 aliphatic heterocycles. The number of rotatable bonds is 2. The van der Waals surface area contributed by atoms with E-state index in [0.717, 1.165) is 0 Å². The van der Waals surface area contributed by atoms with Gasteiger partial charge in [0.15, 0.2) is 17.9 Å². The van der Waals surface area contributed by atoms with Crippen LogP contribution in [-0.4, -0.2) is 63.1 Å². The molecule has 1 aromatic rings. The molecule has 2 unspecified atom stereocenters. The highest BCUT2D eigenvalue weighted by molar-refractivity contribution is 14.1.